The summed E-state index contributed by atoms with van der Waals surface area (Å²) in [6.45, 7) is 9.44. The van der Waals surface area contributed by atoms with Crippen molar-refractivity contribution in [1.82, 2.24) is 0 Å². The molecule has 0 radical (unpaired) electrons. The van der Waals surface area contributed by atoms with Gasteiger partial charge in [-0.3, -0.25) is 37.3 Å². The molecular formula is C70H136O17P2. The minimum Gasteiger partial charge on any atom is -0.462 e. The van der Waals surface area contributed by atoms with E-state index < -0.39 is 97.5 Å². The van der Waals surface area contributed by atoms with Gasteiger partial charge in [-0.25, -0.2) is 9.13 Å². The molecule has 0 saturated heterocycles. The Balaban J connectivity index is 5.17. The monoisotopic (exact) mass is 1310 g/mol. The molecule has 17 nitrogen and oxygen atoms in total. The first kappa shape index (κ1) is 87.1. The van der Waals surface area contributed by atoms with Crippen molar-refractivity contribution in [2.24, 2.45) is 11.8 Å². The van der Waals surface area contributed by atoms with Crippen LogP contribution in [0.25, 0.3) is 0 Å². The van der Waals surface area contributed by atoms with Crippen LogP contribution in [0.15, 0.2) is 0 Å². The van der Waals surface area contributed by atoms with E-state index in [1.54, 1.807) is 0 Å². The number of hydrogen-bond donors (Lipinski definition) is 3. The van der Waals surface area contributed by atoms with Gasteiger partial charge in [-0.05, 0) is 37.5 Å². The van der Waals surface area contributed by atoms with Crippen LogP contribution in [0, 0.1) is 11.8 Å². The van der Waals surface area contributed by atoms with Crippen LogP contribution in [0.1, 0.15) is 356 Å². The lowest BCUT2D eigenvalue weighted by Crippen LogP contribution is -2.30. The fourth-order valence-corrected chi connectivity index (χ4v) is 12.2. The molecule has 0 bridgehead atoms. The van der Waals surface area contributed by atoms with Gasteiger partial charge in [0.2, 0.25) is 0 Å². The molecule has 0 fully saturated rings. The van der Waals surface area contributed by atoms with Crippen LogP contribution in [-0.2, 0) is 65.4 Å². The van der Waals surface area contributed by atoms with Crippen molar-refractivity contribution in [3.8, 4) is 0 Å². The number of phosphoric acid groups is 2. The quantitative estimate of drug-likeness (QED) is 0.0222. The van der Waals surface area contributed by atoms with Crippen molar-refractivity contribution in [2.45, 2.75) is 374 Å². The highest BCUT2D eigenvalue weighted by Crippen LogP contribution is 2.45. The van der Waals surface area contributed by atoms with E-state index in [0.717, 1.165) is 109 Å². The number of ether oxygens (including phenoxy) is 4. The molecule has 528 valence electrons. The minimum atomic E-state index is -4.95. The first-order valence-electron chi connectivity index (χ1n) is 36.5. The summed E-state index contributed by atoms with van der Waals surface area (Å²) in [6, 6.07) is 0. The Morgan fingerprint density at radius 2 is 0.517 bits per heavy atom. The van der Waals surface area contributed by atoms with Gasteiger partial charge in [0.1, 0.15) is 19.3 Å². The maximum Gasteiger partial charge on any atom is 0.472 e. The van der Waals surface area contributed by atoms with E-state index in [4.69, 9.17) is 37.0 Å². The predicted octanol–water partition coefficient (Wildman–Crippen LogP) is 20.0. The highest BCUT2D eigenvalue weighted by atomic mass is 31.2. The molecule has 19 heteroatoms. The Morgan fingerprint density at radius 1 is 0.303 bits per heavy atom. The SMILES string of the molecule is CCCCCCCCCCCCCCCCC(=O)OC[C@H](COP(=O)(O)OC[C@@H](O)COP(=O)(O)OC[C@@H](COC(=O)CCCCCCCCC)OC(=O)CCCCCCCCC(C)C)OC(=O)CCCCCCCCCCCCCCCCCCC(C)C. The van der Waals surface area contributed by atoms with Crippen LogP contribution in [0.5, 0.6) is 0 Å². The van der Waals surface area contributed by atoms with Crippen molar-refractivity contribution in [3.63, 3.8) is 0 Å². The van der Waals surface area contributed by atoms with Crippen molar-refractivity contribution in [1.29, 1.82) is 0 Å². The van der Waals surface area contributed by atoms with Crippen LogP contribution in [0.2, 0.25) is 0 Å². The topological polar surface area (TPSA) is 237 Å². The summed E-state index contributed by atoms with van der Waals surface area (Å²) in [5, 5.41) is 10.6. The van der Waals surface area contributed by atoms with E-state index in [9.17, 15) is 43.2 Å². The second-order valence-corrected chi connectivity index (χ2v) is 29.1. The zero-order chi connectivity index (χ0) is 65.7. The normalized spacial score (nSPS) is 14.1. The summed E-state index contributed by atoms with van der Waals surface area (Å²) in [5.41, 5.74) is 0. The molecule has 0 amide bonds. The number of esters is 4. The van der Waals surface area contributed by atoms with Gasteiger partial charge in [0.05, 0.1) is 26.4 Å². The van der Waals surface area contributed by atoms with Gasteiger partial charge < -0.3 is 33.8 Å². The first-order chi connectivity index (χ1) is 42.9. The molecule has 0 rings (SSSR count). The van der Waals surface area contributed by atoms with Crippen LogP contribution < -0.4 is 0 Å². The zero-order valence-electron chi connectivity index (χ0n) is 57.7. The summed E-state index contributed by atoms with van der Waals surface area (Å²) in [5.74, 6) is -0.653. The molecule has 0 aliphatic heterocycles. The maximum atomic E-state index is 13.0. The van der Waals surface area contributed by atoms with Gasteiger partial charge in [-0.15, -0.1) is 0 Å². The molecule has 2 unspecified atom stereocenters. The number of hydrogen-bond acceptors (Lipinski definition) is 15. The number of unbranched alkanes of at least 4 members (excludes halogenated alkanes) is 39. The summed E-state index contributed by atoms with van der Waals surface area (Å²) in [7, 11) is -9.89. The largest absolute Gasteiger partial charge is 0.472 e. The van der Waals surface area contributed by atoms with Crippen molar-refractivity contribution in [3.05, 3.63) is 0 Å². The molecule has 0 saturated carbocycles. The Hall–Kier alpha value is -1.94. The molecule has 0 spiro atoms. The molecule has 0 aromatic rings. The molecule has 0 aromatic heterocycles. The number of aliphatic hydroxyl groups is 1. The average molecular weight is 1310 g/mol. The third-order valence-corrected chi connectivity index (χ3v) is 18.1. The van der Waals surface area contributed by atoms with E-state index in [2.05, 4.69) is 41.5 Å². The molecule has 0 aliphatic rings. The Kier molecular flexibility index (Phi) is 60.8. The third-order valence-electron chi connectivity index (χ3n) is 16.2. The number of carbonyl (C=O) groups excluding carboxylic acids is 4. The highest BCUT2D eigenvalue weighted by Gasteiger charge is 2.30. The highest BCUT2D eigenvalue weighted by molar-refractivity contribution is 7.47. The van der Waals surface area contributed by atoms with Gasteiger partial charge >= 0.3 is 39.5 Å². The lowest BCUT2D eigenvalue weighted by molar-refractivity contribution is -0.161. The first-order valence-corrected chi connectivity index (χ1v) is 39.5. The molecule has 5 atom stereocenters. The summed E-state index contributed by atoms with van der Waals surface area (Å²) >= 11 is 0. The van der Waals surface area contributed by atoms with Gasteiger partial charge in [-0.2, -0.15) is 0 Å². The Labute approximate surface area is 543 Å². The van der Waals surface area contributed by atoms with Gasteiger partial charge in [0.15, 0.2) is 12.2 Å². The Bertz CT molecular complexity index is 1730. The number of rotatable bonds is 69. The smallest absolute Gasteiger partial charge is 0.462 e. The number of aliphatic hydroxyl groups excluding tert-OH is 1. The van der Waals surface area contributed by atoms with E-state index in [-0.39, 0.29) is 25.7 Å². The molecule has 0 aliphatic carbocycles. The minimum absolute atomic E-state index is 0.102. The molecule has 89 heavy (non-hydrogen) atoms. The molecule has 0 aromatic carbocycles. The summed E-state index contributed by atoms with van der Waals surface area (Å²) in [6.07, 6.45) is 47.5. The van der Waals surface area contributed by atoms with Crippen LogP contribution in [-0.4, -0.2) is 96.7 Å². The van der Waals surface area contributed by atoms with Crippen molar-refractivity contribution >= 4 is 39.5 Å². The van der Waals surface area contributed by atoms with Gasteiger partial charge in [0.25, 0.3) is 0 Å². The summed E-state index contributed by atoms with van der Waals surface area (Å²) in [4.78, 5) is 72.3. The average Bonchev–Trinajstić information content (AvgIpc) is 3.68. The van der Waals surface area contributed by atoms with Gasteiger partial charge in [0, 0.05) is 25.7 Å². The van der Waals surface area contributed by atoms with E-state index >= 15 is 0 Å². The summed E-state index contributed by atoms with van der Waals surface area (Å²) < 4.78 is 68.1. The number of carbonyl (C=O) groups is 4. The van der Waals surface area contributed by atoms with Crippen LogP contribution >= 0.6 is 15.6 Å². The lowest BCUT2D eigenvalue weighted by Gasteiger charge is -2.21. The van der Waals surface area contributed by atoms with Crippen LogP contribution in [0.3, 0.4) is 0 Å². The van der Waals surface area contributed by atoms with Crippen LogP contribution in [0.4, 0.5) is 0 Å². The Morgan fingerprint density at radius 3 is 0.764 bits per heavy atom. The van der Waals surface area contributed by atoms with E-state index in [1.165, 1.54) is 161 Å². The van der Waals surface area contributed by atoms with Gasteiger partial charge in [-0.1, -0.05) is 305 Å². The van der Waals surface area contributed by atoms with Crippen molar-refractivity contribution in [2.75, 3.05) is 39.6 Å². The fourth-order valence-electron chi connectivity index (χ4n) is 10.6. The second kappa shape index (κ2) is 62.2. The number of phosphoric ester groups is 2. The predicted molar refractivity (Wildman–Crippen MR) is 358 cm³/mol. The zero-order valence-corrected chi connectivity index (χ0v) is 59.5. The molecule has 3 N–H and O–H groups in total. The second-order valence-electron chi connectivity index (χ2n) is 26.2. The molecular weight excluding hydrogens is 1170 g/mol. The fraction of sp³-hybridized carbons (Fsp3) is 0.943. The lowest BCUT2D eigenvalue weighted by atomic mass is 10.0. The van der Waals surface area contributed by atoms with E-state index in [0.29, 0.717) is 31.6 Å². The standard InChI is InChI=1S/C70H136O17P2/c1-7-9-11-13-15-16-17-18-24-27-30-34-41-47-53-68(73)81-59-65(86-69(74)54-48-42-35-31-28-25-22-20-19-21-23-26-29-33-38-44-50-62(3)4)60-84-88(76,77)82-56-64(71)57-83-89(78,79)85-61-66(58-80-67(72)52-46-40-32-14-12-10-8-2)87-70(75)55-49-43-37-36-39-45-51-63(5)6/h62-66,71H,7-61H2,1-6H3,(H,76,77)(H,78,79)/t64-,65-,66-/m1/s1. The maximum absolute atomic E-state index is 13.0. The van der Waals surface area contributed by atoms with Crippen molar-refractivity contribution < 1.29 is 80.2 Å². The van der Waals surface area contributed by atoms with E-state index in [1.807, 2.05) is 0 Å². The molecule has 0 heterocycles. The third kappa shape index (κ3) is 64.6.